The first-order valence-corrected chi connectivity index (χ1v) is 7.55. The summed E-state index contributed by atoms with van der Waals surface area (Å²) in [6.45, 7) is 6.56. The van der Waals surface area contributed by atoms with Crippen molar-refractivity contribution in [3.05, 3.63) is 28.7 Å². The van der Waals surface area contributed by atoms with Crippen LogP contribution in [0.5, 0.6) is 6.01 Å². The molecule has 0 bridgehead atoms. The van der Waals surface area contributed by atoms with Crippen molar-refractivity contribution in [2.75, 3.05) is 17.2 Å². The Bertz CT molecular complexity index is 588. The molecule has 0 aliphatic heterocycles. The van der Waals surface area contributed by atoms with Crippen LogP contribution >= 0.6 is 15.9 Å². The van der Waals surface area contributed by atoms with E-state index in [2.05, 4.69) is 41.5 Å². The summed E-state index contributed by atoms with van der Waals surface area (Å²) in [5, 5.41) is 6.21. The molecule has 0 saturated carbocycles. The van der Waals surface area contributed by atoms with E-state index in [9.17, 15) is 0 Å². The number of rotatable bonds is 6. The van der Waals surface area contributed by atoms with Crippen LogP contribution in [0.15, 0.2) is 28.7 Å². The Morgan fingerprint density at radius 1 is 1.10 bits per heavy atom. The summed E-state index contributed by atoms with van der Waals surface area (Å²) in [6.07, 6.45) is 0.00223. The number of ether oxygens (including phenoxy) is 1. The third-order valence-corrected chi connectivity index (χ3v) is 2.92. The number of anilines is 3. The predicted octanol–water partition coefficient (Wildman–Crippen LogP) is 3.60. The lowest BCUT2D eigenvalue weighted by atomic mass is 10.3. The van der Waals surface area contributed by atoms with Crippen LogP contribution in [0.4, 0.5) is 17.6 Å². The van der Waals surface area contributed by atoms with Gasteiger partial charge in [-0.25, -0.2) is 0 Å². The largest absolute Gasteiger partial charge is 0.461 e. The van der Waals surface area contributed by atoms with Gasteiger partial charge in [0.15, 0.2) is 0 Å². The Kier molecular flexibility index (Phi) is 5.32. The molecule has 0 aliphatic rings. The normalized spacial score (nSPS) is 10.5. The van der Waals surface area contributed by atoms with Crippen LogP contribution in [0.25, 0.3) is 0 Å². The van der Waals surface area contributed by atoms with Gasteiger partial charge in [0, 0.05) is 16.7 Å². The van der Waals surface area contributed by atoms with E-state index in [0.717, 1.165) is 16.7 Å². The average molecular weight is 352 g/mol. The maximum absolute atomic E-state index is 5.55. The van der Waals surface area contributed by atoms with Crippen molar-refractivity contribution in [2.45, 2.75) is 26.9 Å². The van der Waals surface area contributed by atoms with Crippen molar-refractivity contribution in [1.29, 1.82) is 0 Å². The van der Waals surface area contributed by atoms with Crippen LogP contribution < -0.4 is 15.4 Å². The maximum Gasteiger partial charge on any atom is 0.323 e. The molecule has 2 rings (SSSR count). The quantitative estimate of drug-likeness (QED) is 0.828. The highest BCUT2D eigenvalue weighted by atomic mass is 79.9. The van der Waals surface area contributed by atoms with Gasteiger partial charge in [-0.1, -0.05) is 15.9 Å². The highest BCUT2D eigenvalue weighted by Crippen LogP contribution is 2.19. The molecule has 7 heteroatoms. The van der Waals surface area contributed by atoms with Crippen molar-refractivity contribution in [2.24, 2.45) is 0 Å². The predicted molar refractivity (Wildman–Crippen MR) is 87.2 cm³/mol. The van der Waals surface area contributed by atoms with Crippen molar-refractivity contribution in [3.63, 3.8) is 0 Å². The summed E-state index contributed by atoms with van der Waals surface area (Å²) < 4.78 is 6.56. The summed E-state index contributed by atoms with van der Waals surface area (Å²) in [6, 6.07) is 8.06. The molecule has 2 N–H and O–H groups in total. The third kappa shape index (κ3) is 4.86. The van der Waals surface area contributed by atoms with Crippen LogP contribution in [-0.4, -0.2) is 27.6 Å². The third-order valence-electron chi connectivity index (χ3n) is 2.39. The fraction of sp³-hybridized carbons (Fsp3) is 0.357. The van der Waals surface area contributed by atoms with E-state index in [1.807, 2.05) is 45.0 Å². The van der Waals surface area contributed by atoms with E-state index in [4.69, 9.17) is 4.74 Å². The first-order valence-electron chi connectivity index (χ1n) is 6.76. The molecule has 1 heterocycles. The van der Waals surface area contributed by atoms with E-state index in [-0.39, 0.29) is 6.10 Å². The Balaban J connectivity index is 2.24. The van der Waals surface area contributed by atoms with Gasteiger partial charge >= 0.3 is 6.01 Å². The van der Waals surface area contributed by atoms with Crippen LogP contribution in [0, 0.1) is 0 Å². The number of nitrogens with one attached hydrogen (secondary N) is 2. The fourth-order valence-electron chi connectivity index (χ4n) is 1.58. The van der Waals surface area contributed by atoms with Crippen LogP contribution in [0.3, 0.4) is 0 Å². The molecule has 0 fully saturated rings. The van der Waals surface area contributed by atoms with Crippen molar-refractivity contribution in [1.82, 2.24) is 15.0 Å². The molecular formula is C14H18BrN5O. The fourth-order valence-corrected chi connectivity index (χ4v) is 1.84. The topological polar surface area (TPSA) is 72.0 Å². The maximum atomic E-state index is 5.55. The molecule has 0 atom stereocenters. The first-order chi connectivity index (χ1) is 10.1. The molecule has 6 nitrogen and oxygen atoms in total. The molecule has 0 amide bonds. The number of hydrogen-bond acceptors (Lipinski definition) is 6. The number of aromatic nitrogens is 3. The van der Waals surface area contributed by atoms with E-state index in [0.29, 0.717) is 17.9 Å². The SMILES string of the molecule is CCNc1nc(Nc2ccc(Br)cc2)nc(OC(C)C)n1. The molecule has 0 spiro atoms. The van der Waals surface area contributed by atoms with E-state index in [1.54, 1.807) is 0 Å². The summed E-state index contributed by atoms with van der Waals surface area (Å²) >= 11 is 3.40. The van der Waals surface area contributed by atoms with Gasteiger partial charge in [-0.15, -0.1) is 0 Å². The molecule has 0 unspecified atom stereocenters. The minimum Gasteiger partial charge on any atom is -0.461 e. The molecule has 2 aromatic rings. The van der Waals surface area contributed by atoms with E-state index in [1.165, 1.54) is 0 Å². The summed E-state index contributed by atoms with van der Waals surface area (Å²) in [5.41, 5.74) is 0.891. The van der Waals surface area contributed by atoms with E-state index < -0.39 is 0 Å². The van der Waals surface area contributed by atoms with Gasteiger partial charge in [-0.05, 0) is 45.0 Å². The standard InChI is InChI=1S/C14H18BrN5O/c1-4-16-12-18-13(20-14(19-12)21-9(2)3)17-11-7-5-10(15)6-8-11/h5-9H,4H2,1-3H3,(H2,16,17,18,19,20). The zero-order chi connectivity index (χ0) is 15.2. The molecule has 112 valence electrons. The summed E-state index contributed by atoms with van der Waals surface area (Å²) in [4.78, 5) is 12.8. The van der Waals surface area contributed by atoms with Gasteiger partial charge in [0.05, 0.1) is 6.10 Å². The molecule has 0 aliphatic carbocycles. The van der Waals surface area contributed by atoms with E-state index >= 15 is 0 Å². The van der Waals surface area contributed by atoms with Crippen LogP contribution in [0.1, 0.15) is 20.8 Å². The van der Waals surface area contributed by atoms with Crippen molar-refractivity contribution < 1.29 is 4.74 Å². The summed E-state index contributed by atoms with van der Waals surface area (Å²) in [7, 11) is 0. The smallest absolute Gasteiger partial charge is 0.323 e. The Labute approximate surface area is 132 Å². The van der Waals surface area contributed by atoms with Crippen molar-refractivity contribution >= 4 is 33.5 Å². The first kappa shape index (κ1) is 15.5. The van der Waals surface area contributed by atoms with Gasteiger partial charge in [0.25, 0.3) is 0 Å². The molecule has 21 heavy (non-hydrogen) atoms. The molecule has 1 aromatic carbocycles. The lowest BCUT2D eigenvalue weighted by Gasteiger charge is -2.11. The number of nitrogens with zero attached hydrogens (tertiary/aromatic N) is 3. The molecule has 0 radical (unpaired) electrons. The average Bonchev–Trinajstić information content (AvgIpc) is 2.41. The number of hydrogen-bond donors (Lipinski definition) is 2. The highest BCUT2D eigenvalue weighted by Gasteiger charge is 2.09. The van der Waals surface area contributed by atoms with Crippen LogP contribution in [-0.2, 0) is 0 Å². The molecule has 1 aromatic heterocycles. The zero-order valence-electron chi connectivity index (χ0n) is 12.2. The lowest BCUT2D eigenvalue weighted by molar-refractivity contribution is 0.222. The zero-order valence-corrected chi connectivity index (χ0v) is 13.8. The van der Waals surface area contributed by atoms with Gasteiger partial charge in [-0.2, -0.15) is 15.0 Å². The van der Waals surface area contributed by atoms with Gasteiger partial charge in [0.2, 0.25) is 11.9 Å². The number of benzene rings is 1. The Morgan fingerprint density at radius 3 is 2.38 bits per heavy atom. The minimum atomic E-state index is 0.00223. The minimum absolute atomic E-state index is 0.00223. The second-order valence-electron chi connectivity index (χ2n) is 4.59. The second kappa shape index (κ2) is 7.21. The highest BCUT2D eigenvalue weighted by molar-refractivity contribution is 9.10. The lowest BCUT2D eigenvalue weighted by Crippen LogP contribution is -2.12. The van der Waals surface area contributed by atoms with Gasteiger partial charge in [-0.3, -0.25) is 0 Å². The van der Waals surface area contributed by atoms with Gasteiger partial charge in [0.1, 0.15) is 0 Å². The summed E-state index contributed by atoms with van der Waals surface area (Å²) in [5.74, 6) is 0.932. The monoisotopic (exact) mass is 351 g/mol. The Morgan fingerprint density at radius 2 is 1.76 bits per heavy atom. The number of halogens is 1. The molecular weight excluding hydrogens is 334 g/mol. The second-order valence-corrected chi connectivity index (χ2v) is 5.51. The van der Waals surface area contributed by atoms with Gasteiger partial charge < -0.3 is 15.4 Å². The van der Waals surface area contributed by atoms with Crippen molar-refractivity contribution in [3.8, 4) is 6.01 Å². The molecule has 0 saturated heterocycles. The van der Waals surface area contributed by atoms with Crippen LogP contribution in [0.2, 0.25) is 0 Å². The Hall–Kier alpha value is -1.89.